The predicted octanol–water partition coefficient (Wildman–Crippen LogP) is 3.82. The monoisotopic (exact) mass is 396 g/mol. The highest BCUT2D eigenvalue weighted by Gasteiger charge is 2.20. The van der Waals surface area contributed by atoms with Crippen molar-refractivity contribution < 1.29 is 19.0 Å². The maximum atomic E-state index is 12.8. The van der Waals surface area contributed by atoms with E-state index in [-0.39, 0.29) is 5.91 Å². The Morgan fingerprint density at radius 1 is 0.966 bits per heavy atom. The number of nitrogens with zero attached hydrogens (tertiary/aromatic N) is 3. The number of fused-ring (bicyclic) bond motifs is 1. The minimum Gasteiger partial charge on any atom is -0.493 e. The van der Waals surface area contributed by atoms with E-state index in [2.05, 4.69) is 15.5 Å². The van der Waals surface area contributed by atoms with Gasteiger partial charge >= 0.3 is 0 Å². The van der Waals surface area contributed by atoms with E-state index in [0.29, 0.717) is 34.5 Å². The number of rotatable bonds is 6. The first kappa shape index (κ1) is 19.0. The van der Waals surface area contributed by atoms with E-state index in [4.69, 9.17) is 14.2 Å². The summed E-state index contributed by atoms with van der Waals surface area (Å²) in [5.41, 5.74) is 2.63. The average molecular weight is 396 g/mol. The normalized spacial score (nSPS) is 14.2. The maximum Gasteiger partial charge on any atom is 0.255 e. The van der Waals surface area contributed by atoms with Crippen molar-refractivity contribution in [2.75, 3.05) is 26.6 Å². The zero-order valence-corrected chi connectivity index (χ0v) is 16.8. The fourth-order valence-corrected chi connectivity index (χ4v) is 3.72. The Morgan fingerprint density at radius 3 is 2.24 bits per heavy atom. The molecule has 0 atom stereocenters. The van der Waals surface area contributed by atoms with Crippen molar-refractivity contribution in [3.8, 4) is 17.2 Å². The molecule has 152 valence electrons. The van der Waals surface area contributed by atoms with Crippen LogP contribution in [0.4, 0.5) is 5.69 Å². The topological polar surface area (TPSA) is 87.5 Å². The summed E-state index contributed by atoms with van der Waals surface area (Å²) in [5, 5.41) is 12.1. The Morgan fingerprint density at radius 2 is 1.62 bits per heavy atom. The molecule has 8 nitrogen and oxygen atoms in total. The fraction of sp³-hybridized carbons (Fsp3) is 0.381. The predicted molar refractivity (Wildman–Crippen MR) is 109 cm³/mol. The number of ether oxygens (including phenoxy) is 3. The molecule has 29 heavy (non-hydrogen) atoms. The number of carbonyl (C=O) groups is 1. The largest absolute Gasteiger partial charge is 0.493 e. The van der Waals surface area contributed by atoms with Crippen molar-refractivity contribution in [1.29, 1.82) is 0 Å². The van der Waals surface area contributed by atoms with Gasteiger partial charge in [-0.3, -0.25) is 4.79 Å². The second-order valence-electron chi connectivity index (χ2n) is 7.03. The summed E-state index contributed by atoms with van der Waals surface area (Å²) in [7, 11) is 4.55. The first-order valence-corrected chi connectivity index (χ1v) is 9.61. The van der Waals surface area contributed by atoms with Gasteiger partial charge in [0.25, 0.3) is 5.91 Å². The molecule has 1 saturated carbocycles. The molecule has 8 heteroatoms. The summed E-state index contributed by atoms with van der Waals surface area (Å²) in [4.78, 5) is 14.6. The number of hydrogen-bond acceptors (Lipinski definition) is 6. The molecule has 0 bridgehead atoms. The van der Waals surface area contributed by atoms with E-state index in [1.54, 1.807) is 12.1 Å². The molecule has 4 rings (SSSR count). The summed E-state index contributed by atoms with van der Waals surface area (Å²) in [6, 6.07) is 9.14. The number of hydrogen-bond donors (Lipinski definition) is 1. The highest BCUT2D eigenvalue weighted by atomic mass is 16.5. The van der Waals surface area contributed by atoms with E-state index >= 15 is 0 Å². The number of aromatic nitrogens is 3. The van der Waals surface area contributed by atoms with Gasteiger partial charge in [0, 0.05) is 11.3 Å². The van der Waals surface area contributed by atoms with Gasteiger partial charge in [-0.05, 0) is 43.2 Å². The fourth-order valence-electron chi connectivity index (χ4n) is 3.72. The van der Waals surface area contributed by atoms with Gasteiger partial charge in [-0.15, -0.1) is 0 Å². The third-order valence-electron chi connectivity index (χ3n) is 5.23. The first-order chi connectivity index (χ1) is 14.1. The third-order valence-corrected chi connectivity index (χ3v) is 5.23. The summed E-state index contributed by atoms with van der Waals surface area (Å²) >= 11 is 0. The van der Waals surface area contributed by atoms with Crippen LogP contribution in [0.2, 0.25) is 0 Å². The van der Waals surface area contributed by atoms with Crippen molar-refractivity contribution in [1.82, 2.24) is 15.0 Å². The molecule has 1 aliphatic carbocycles. The Balaban J connectivity index is 1.58. The molecule has 1 heterocycles. The number of methoxy groups -OCH3 is 3. The molecule has 0 saturated heterocycles. The van der Waals surface area contributed by atoms with E-state index in [0.717, 1.165) is 23.9 Å². The van der Waals surface area contributed by atoms with Crippen molar-refractivity contribution >= 4 is 22.6 Å². The molecular weight excluding hydrogens is 372 g/mol. The SMILES string of the molecule is COc1cc(C(=O)Nc2ccc3nn(C4CCCC4)nc3c2)cc(OC)c1OC. The molecule has 0 spiro atoms. The highest BCUT2D eigenvalue weighted by Crippen LogP contribution is 2.38. The quantitative estimate of drug-likeness (QED) is 0.681. The smallest absolute Gasteiger partial charge is 0.255 e. The van der Waals surface area contributed by atoms with Gasteiger partial charge in [0.15, 0.2) is 11.5 Å². The molecular formula is C21H24N4O4. The van der Waals surface area contributed by atoms with Crippen LogP contribution in [-0.2, 0) is 0 Å². The molecule has 1 amide bonds. The van der Waals surface area contributed by atoms with Gasteiger partial charge in [0.05, 0.1) is 27.4 Å². The van der Waals surface area contributed by atoms with Crippen LogP contribution in [0.3, 0.4) is 0 Å². The Kier molecular flexibility index (Phi) is 5.24. The van der Waals surface area contributed by atoms with E-state index < -0.39 is 0 Å². The van der Waals surface area contributed by atoms with Crippen LogP contribution in [0.15, 0.2) is 30.3 Å². The Bertz CT molecular complexity index is 1020. The Labute approximate surface area is 168 Å². The van der Waals surface area contributed by atoms with Gasteiger partial charge in [0.1, 0.15) is 11.0 Å². The lowest BCUT2D eigenvalue weighted by Crippen LogP contribution is -2.12. The van der Waals surface area contributed by atoms with Crippen LogP contribution in [0.25, 0.3) is 11.0 Å². The van der Waals surface area contributed by atoms with Gasteiger partial charge in [-0.25, -0.2) is 0 Å². The van der Waals surface area contributed by atoms with Crippen molar-refractivity contribution in [3.63, 3.8) is 0 Å². The summed E-state index contributed by atoms with van der Waals surface area (Å²) < 4.78 is 16.0. The lowest BCUT2D eigenvalue weighted by Gasteiger charge is -2.14. The van der Waals surface area contributed by atoms with Gasteiger partial charge in [-0.2, -0.15) is 15.0 Å². The average Bonchev–Trinajstić information content (AvgIpc) is 3.41. The van der Waals surface area contributed by atoms with Gasteiger partial charge in [0.2, 0.25) is 5.75 Å². The molecule has 0 aliphatic heterocycles. The van der Waals surface area contributed by atoms with Gasteiger partial charge < -0.3 is 19.5 Å². The number of amides is 1. The van der Waals surface area contributed by atoms with Crippen molar-refractivity contribution in [2.24, 2.45) is 0 Å². The van der Waals surface area contributed by atoms with Gasteiger partial charge in [-0.1, -0.05) is 12.8 Å². The molecule has 1 aliphatic rings. The second kappa shape index (κ2) is 7.98. The van der Waals surface area contributed by atoms with Crippen LogP contribution < -0.4 is 19.5 Å². The van der Waals surface area contributed by atoms with E-state index in [1.807, 2.05) is 23.0 Å². The molecule has 1 aromatic heterocycles. The lowest BCUT2D eigenvalue weighted by atomic mass is 10.1. The van der Waals surface area contributed by atoms with E-state index in [9.17, 15) is 4.79 Å². The molecule has 2 aromatic carbocycles. The molecule has 0 radical (unpaired) electrons. The maximum absolute atomic E-state index is 12.8. The van der Waals surface area contributed by atoms with Crippen molar-refractivity contribution in [3.05, 3.63) is 35.9 Å². The zero-order valence-electron chi connectivity index (χ0n) is 16.8. The van der Waals surface area contributed by atoms with Crippen LogP contribution in [-0.4, -0.2) is 42.2 Å². The Hall–Kier alpha value is -3.29. The number of carbonyl (C=O) groups excluding carboxylic acids is 1. The van der Waals surface area contributed by atoms with Crippen LogP contribution in [0, 0.1) is 0 Å². The van der Waals surface area contributed by atoms with Crippen LogP contribution >= 0.6 is 0 Å². The molecule has 3 aromatic rings. The highest BCUT2D eigenvalue weighted by molar-refractivity contribution is 6.05. The lowest BCUT2D eigenvalue weighted by molar-refractivity contribution is 0.102. The summed E-state index contributed by atoms with van der Waals surface area (Å²) in [5.74, 6) is 1.00. The molecule has 1 fully saturated rings. The van der Waals surface area contributed by atoms with E-state index in [1.165, 1.54) is 34.2 Å². The van der Waals surface area contributed by atoms with Crippen LogP contribution in [0.1, 0.15) is 42.1 Å². The minimum atomic E-state index is -0.285. The second-order valence-corrected chi connectivity index (χ2v) is 7.03. The standard InChI is InChI=1S/C21H24N4O4/c1-27-18-10-13(11-19(28-2)20(18)29-3)21(26)22-14-8-9-16-17(12-14)24-25(23-16)15-6-4-5-7-15/h8-12,15H,4-7H2,1-3H3,(H,22,26). The summed E-state index contributed by atoms with van der Waals surface area (Å²) in [6.07, 6.45) is 4.68. The number of benzene rings is 2. The van der Waals surface area contributed by atoms with Crippen molar-refractivity contribution in [2.45, 2.75) is 31.7 Å². The summed E-state index contributed by atoms with van der Waals surface area (Å²) in [6.45, 7) is 0. The third kappa shape index (κ3) is 3.70. The first-order valence-electron chi connectivity index (χ1n) is 9.61. The number of anilines is 1. The zero-order chi connectivity index (χ0) is 20.4. The minimum absolute atomic E-state index is 0.285. The molecule has 1 N–H and O–H groups in total. The number of nitrogens with one attached hydrogen (secondary N) is 1. The molecule has 0 unspecified atom stereocenters. The van der Waals surface area contributed by atoms with Crippen LogP contribution in [0.5, 0.6) is 17.2 Å².